The summed E-state index contributed by atoms with van der Waals surface area (Å²) in [5, 5.41) is 3.61. The number of ether oxygens (including phenoxy) is 1. The second-order valence-electron chi connectivity index (χ2n) is 5.13. The first-order valence-electron chi connectivity index (χ1n) is 7.68. The van der Waals surface area contributed by atoms with Crippen LogP contribution in [-0.2, 0) is 11.3 Å². The molecule has 2 aromatic heterocycles. The average molecular weight is 373 g/mol. The number of amides is 1. The topological polar surface area (TPSA) is 88.2 Å². The molecule has 0 atom stereocenters. The van der Waals surface area contributed by atoms with Crippen molar-refractivity contribution in [1.82, 2.24) is 15.4 Å². The second kappa shape index (κ2) is 8.26. The van der Waals surface area contributed by atoms with E-state index in [9.17, 15) is 9.18 Å². The molecule has 0 unspecified atom stereocenters. The number of hydrogen-bond donors (Lipinski definition) is 3. The number of nitrogens with one attached hydrogen (secondary N) is 3. The van der Waals surface area contributed by atoms with Gasteiger partial charge in [0.2, 0.25) is 5.95 Å². The van der Waals surface area contributed by atoms with Gasteiger partial charge in [0.05, 0.1) is 10.6 Å². The lowest BCUT2D eigenvalue weighted by Gasteiger charge is -2.07. The Morgan fingerprint density at radius 1 is 1.19 bits per heavy atom. The molecule has 1 aromatic carbocycles. The molecule has 26 heavy (non-hydrogen) atoms. The Hall–Kier alpha value is -3.20. The van der Waals surface area contributed by atoms with E-state index >= 15 is 0 Å². The number of hydrogen-bond acceptors (Lipinski definition) is 7. The Labute approximate surface area is 153 Å². The van der Waals surface area contributed by atoms with Gasteiger partial charge in [0, 0.05) is 13.2 Å². The summed E-state index contributed by atoms with van der Waals surface area (Å²) in [6.07, 6.45) is 1.04. The average Bonchev–Trinajstić information content (AvgIpc) is 3.15. The fourth-order valence-electron chi connectivity index (χ4n) is 2.04. The molecule has 0 saturated carbocycles. The number of hydrazine groups is 1. The van der Waals surface area contributed by atoms with Crippen molar-refractivity contribution in [1.29, 1.82) is 0 Å². The molecule has 0 aliphatic carbocycles. The first-order valence-corrected chi connectivity index (χ1v) is 8.50. The highest BCUT2D eigenvalue weighted by Gasteiger charge is 2.07. The van der Waals surface area contributed by atoms with E-state index in [1.807, 2.05) is 12.1 Å². The van der Waals surface area contributed by atoms with Crippen LogP contribution in [0.1, 0.15) is 5.56 Å². The summed E-state index contributed by atoms with van der Waals surface area (Å²) >= 11 is 1.42. The van der Waals surface area contributed by atoms with Gasteiger partial charge in [-0.25, -0.2) is 24.6 Å². The summed E-state index contributed by atoms with van der Waals surface area (Å²) in [5.74, 6) is 0.201. The number of carbonyl (C=O) groups excluding carboxylic acids is 1. The molecule has 3 N–H and O–H groups in total. The minimum Gasteiger partial charge on any atom is -0.443 e. The van der Waals surface area contributed by atoms with E-state index in [-0.39, 0.29) is 12.4 Å². The van der Waals surface area contributed by atoms with E-state index < -0.39 is 6.09 Å². The van der Waals surface area contributed by atoms with Crippen LogP contribution in [0.5, 0.6) is 0 Å². The van der Waals surface area contributed by atoms with Crippen LogP contribution in [0.2, 0.25) is 0 Å². The van der Waals surface area contributed by atoms with E-state index in [4.69, 9.17) is 4.74 Å². The van der Waals surface area contributed by atoms with Gasteiger partial charge in [-0.2, -0.15) is 0 Å². The SMILES string of the molecule is CNc1nccc(-c2ccc(NNC(=O)OCc3ccc(F)cc3)s2)n1. The van der Waals surface area contributed by atoms with Crippen molar-refractivity contribution < 1.29 is 13.9 Å². The second-order valence-corrected chi connectivity index (χ2v) is 6.22. The number of thiophene rings is 1. The van der Waals surface area contributed by atoms with Crippen molar-refractivity contribution >= 4 is 28.4 Å². The molecule has 3 aromatic rings. The number of benzene rings is 1. The number of halogens is 1. The number of rotatable bonds is 6. The highest BCUT2D eigenvalue weighted by Crippen LogP contribution is 2.29. The van der Waals surface area contributed by atoms with E-state index in [0.717, 1.165) is 15.6 Å². The molecule has 134 valence electrons. The molecule has 0 saturated heterocycles. The van der Waals surface area contributed by atoms with Crippen LogP contribution < -0.4 is 16.2 Å². The largest absolute Gasteiger partial charge is 0.443 e. The number of aromatic nitrogens is 2. The first kappa shape index (κ1) is 17.6. The molecule has 9 heteroatoms. The zero-order chi connectivity index (χ0) is 18.4. The van der Waals surface area contributed by atoms with E-state index in [1.165, 1.54) is 23.5 Å². The summed E-state index contributed by atoms with van der Waals surface area (Å²) in [6.45, 7) is 0.0528. The van der Waals surface area contributed by atoms with E-state index in [0.29, 0.717) is 11.5 Å². The number of anilines is 2. The van der Waals surface area contributed by atoms with Crippen molar-refractivity contribution in [3.63, 3.8) is 0 Å². The third-order valence-corrected chi connectivity index (χ3v) is 4.33. The predicted molar refractivity (Wildman–Crippen MR) is 98.2 cm³/mol. The third-order valence-electron chi connectivity index (χ3n) is 3.31. The van der Waals surface area contributed by atoms with Gasteiger partial charge in [-0.1, -0.05) is 12.1 Å². The van der Waals surface area contributed by atoms with Gasteiger partial charge in [-0.05, 0) is 35.9 Å². The monoisotopic (exact) mass is 373 g/mol. The van der Waals surface area contributed by atoms with Crippen LogP contribution in [0, 0.1) is 5.82 Å². The van der Waals surface area contributed by atoms with Crippen LogP contribution in [0.3, 0.4) is 0 Å². The van der Waals surface area contributed by atoms with Gasteiger partial charge in [-0.3, -0.25) is 5.43 Å². The van der Waals surface area contributed by atoms with Gasteiger partial charge in [0.1, 0.15) is 17.4 Å². The number of nitrogens with zero attached hydrogens (tertiary/aromatic N) is 2. The van der Waals surface area contributed by atoms with Crippen LogP contribution >= 0.6 is 11.3 Å². The van der Waals surface area contributed by atoms with Crippen LogP contribution in [-0.4, -0.2) is 23.1 Å². The Balaban J connectivity index is 1.51. The summed E-state index contributed by atoms with van der Waals surface area (Å²) in [4.78, 5) is 21.1. The van der Waals surface area contributed by atoms with Crippen LogP contribution in [0.25, 0.3) is 10.6 Å². The molecule has 2 heterocycles. The summed E-state index contributed by atoms with van der Waals surface area (Å²) in [7, 11) is 1.75. The molecule has 1 amide bonds. The van der Waals surface area contributed by atoms with Crippen molar-refractivity contribution in [2.24, 2.45) is 0 Å². The first-order chi connectivity index (χ1) is 12.6. The molecule has 0 aliphatic heterocycles. The zero-order valence-corrected chi connectivity index (χ0v) is 14.6. The minimum absolute atomic E-state index is 0.0528. The molecular formula is C17H16FN5O2S. The molecule has 0 radical (unpaired) electrons. The van der Waals surface area contributed by atoms with Crippen molar-refractivity contribution in [2.75, 3.05) is 17.8 Å². The molecule has 7 nitrogen and oxygen atoms in total. The summed E-state index contributed by atoms with van der Waals surface area (Å²) < 4.78 is 17.9. The summed E-state index contributed by atoms with van der Waals surface area (Å²) in [6, 6.07) is 11.3. The van der Waals surface area contributed by atoms with Gasteiger partial charge in [-0.15, -0.1) is 11.3 Å². The summed E-state index contributed by atoms with van der Waals surface area (Å²) in [5.41, 5.74) is 6.71. The molecule has 0 aliphatic rings. The Morgan fingerprint density at radius 3 is 2.77 bits per heavy atom. The van der Waals surface area contributed by atoms with Gasteiger partial charge < -0.3 is 10.1 Å². The third kappa shape index (κ3) is 4.67. The lowest BCUT2D eigenvalue weighted by molar-refractivity contribution is 0.142. The lowest BCUT2D eigenvalue weighted by atomic mass is 10.2. The minimum atomic E-state index is -0.635. The maximum Gasteiger partial charge on any atom is 0.426 e. The molecule has 3 rings (SSSR count). The smallest absolute Gasteiger partial charge is 0.426 e. The van der Waals surface area contributed by atoms with Crippen LogP contribution in [0.15, 0.2) is 48.7 Å². The quantitative estimate of drug-likeness (QED) is 0.572. The predicted octanol–water partition coefficient (Wildman–Crippen LogP) is 3.64. The van der Waals surface area contributed by atoms with E-state index in [2.05, 4.69) is 26.1 Å². The standard InChI is InChI=1S/C17H16FN5O2S/c1-19-16-20-9-8-13(21-16)14-6-7-15(26-14)22-23-17(24)25-10-11-2-4-12(18)5-3-11/h2-9,22H,10H2,1H3,(H,23,24)(H,19,20,21). The Kier molecular flexibility index (Phi) is 5.59. The van der Waals surface area contributed by atoms with Gasteiger partial charge in [0.25, 0.3) is 0 Å². The number of carbonyl (C=O) groups is 1. The van der Waals surface area contributed by atoms with Crippen molar-refractivity contribution in [3.05, 3.63) is 60.0 Å². The maximum atomic E-state index is 12.8. The lowest BCUT2D eigenvalue weighted by Crippen LogP contribution is -2.29. The Morgan fingerprint density at radius 2 is 2.00 bits per heavy atom. The highest BCUT2D eigenvalue weighted by atomic mass is 32.1. The highest BCUT2D eigenvalue weighted by molar-refractivity contribution is 7.19. The van der Waals surface area contributed by atoms with Crippen LogP contribution in [0.4, 0.5) is 20.1 Å². The molecular weight excluding hydrogens is 357 g/mol. The van der Waals surface area contributed by atoms with Crippen molar-refractivity contribution in [3.8, 4) is 10.6 Å². The van der Waals surface area contributed by atoms with E-state index in [1.54, 1.807) is 31.4 Å². The molecule has 0 bridgehead atoms. The van der Waals surface area contributed by atoms with Gasteiger partial charge >= 0.3 is 6.09 Å². The molecule has 0 spiro atoms. The van der Waals surface area contributed by atoms with Crippen molar-refractivity contribution in [2.45, 2.75) is 6.61 Å². The fourth-order valence-corrected chi connectivity index (χ4v) is 2.87. The maximum absolute atomic E-state index is 12.8. The molecule has 0 fully saturated rings. The zero-order valence-electron chi connectivity index (χ0n) is 13.8. The Bertz CT molecular complexity index is 885. The normalized spacial score (nSPS) is 10.2. The fraction of sp³-hybridized carbons (Fsp3) is 0.118. The van der Waals surface area contributed by atoms with Gasteiger partial charge in [0.15, 0.2) is 0 Å².